The van der Waals surface area contributed by atoms with Gasteiger partial charge in [-0.15, -0.1) is 0 Å². The van der Waals surface area contributed by atoms with Gasteiger partial charge < -0.3 is 20.7 Å². The number of alkyl carbamates (subject to hydrolysis) is 1. The van der Waals surface area contributed by atoms with Gasteiger partial charge in [-0.2, -0.15) is 0 Å². The van der Waals surface area contributed by atoms with Crippen molar-refractivity contribution in [2.75, 3.05) is 19.6 Å². The van der Waals surface area contributed by atoms with Crippen LogP contribution in [0.3, 0.4) is 0 Å². The van der Waals surface area contributed by atoms with Crippen LogP contribution in [0.25, 0.3) is 0 Å². The highest BCUT2D eigenvalue weighted by molar-refractivity contribution is 5.67. The lowest BCUT2D eigenvalue weighted by atomic mass is 10.1. The smallest absolute Gasteiger partial charge is 0.407 e. The first-order chi connectivity index (χ1) is 9.94. The van der Waals surface area contributed by atoms with Crippen molar-refractivity contribution in [2.24, 2.45) is 5.92 Å². The molecule has 0 aromatic heterocycles. The largest absolute Gasteiger partial charge is 0.444 e. The summed E-state index contributed by atoms with van der Waals surface area (Å²) in [6, 6.07) is 0.964. The quantitative estimate of drug-likeness (QED) is 0.726. The Morgan fingerprint density at radius 3 is 2.67 bits per heavy atom. The molecule has 2 fully saturated rings. The van der Waals surface area contributed by atoms with Crippen molar-refractivity contribution in [3.05, 3.63) is 0 Å². The minimum Gasteiger partial charge on any atom is -0.444 e. The molecule has 1 aliphatic carbocycles. The van der Waals surface area contributed by atoms with Crippen LogP contribution in [-0.4, -0.2) is 43.4 Å². The number of rotatable bonds is 5. The van der Waals surface area contributed by atoms with Crippen LogP contribution >= 0.6 is 0 Å². The number of carbonyl (C=O) groups is 1. The third kappa shape index (κ3) is 6.66. The second-order valence-corrected chi connectivity index (χ2v) is 7.37. The first kappa shape index (κ1) is 16.6. The molecule has 5 nitrogen and oxygen atoms in total. The lowest BCUT2D eigenvalue weighted by molar-refractivity contribution is 0.0520. The molecule has 2 atom stereocenters. The molecular weight excluding hydrogens is 266 g/mol. The van der Waals surface area contributed by atoms with Crippen LogP contribution in [0.15, 0.2) is 0 Å². The molecule has 1 amide bonds. The van der Waals surface area contributed by atoms with Gasteiger partial charge in [-0.05, 0) is 71.9 Å². The van der Waals surface area contributed by atoms with Gasteiger partial charge in [0.15, 0.2) is 0 Å². The SMILES string of the molecule is CC(C)(C)OC(=O)NCC(NC1CCCNCC1)C1CC1. The van der Waals surface area contributed by atoms with Gasteiger partial charge in [0.1, 0.15) is 5.60 Å². The van der Waals surface area contributed by atoms with Gasteiger partial charge in [0.2, 0.25) is 0 Å². The fraction of sp³-hybridized carbons (Fsp3) is 0.938. The highest BCUT2D eigenvalue weighted by Gasteiger charge is 2.33. The predicted octanol–water partition coefficient (Wildman–Crippen LogP) is 2.02. The van der Waals surface area contributed by atoms with E-state index in [-0.39, 0.29) is 6.09 Å². The molecule has 1 saturated carbocycles. The van der Waals surface area contributed by atoms with Gasteiger partial charge in [0.25, 0.3) is 0 Å². The summed E-state index contributed by atoms with van der Waals surface area (Å²) in [6.07, 6.45) is 5.88. The summed E-state index contributed by atoms with van der Waals surface area (Å²) in [5.41, 5.74) is -0.431. The Morgan fingerprint density at radius 2 is 2.00 bits per heavy atom. The van der Waals surface area contributed by atoms with Crippen LogP contribution in [0.4, 0.5) is 4.79 Å². The van der Waals surface area contributed by atoms with Gasteiger partial charge in [0, 0.05) is 18.6 Å². The maximum Gasteiger partial charge on any atom is 0.407 e. The third-order valence-electron chi connectivity index (χ3n) is 4.08. The van der Waals surface area contributed by atoms with Crippen LogP contribution < -0.4 is 16.0 Å². The van der Waals surface area contributed by atoms with Crippen LogP contribution in [0.2, 0.25) is 0 Å². The Kier molecular flexibility index (Phi) is 5.88. The zero-order valence-electron chi connectivity index (χ0n) is 13.7. The number of hydrogen-bond acceptors (Lipinski definition) is 4. The molecule has 0 aromatic rings. The molecule has 1 heterocycles. The standard InChI is InChI=1S/C16H31N3O2/c1-16(2,3)21-15(20)18-11-14(12-6-7-12)19-13-5-4-9-17-10-8-13/h12-14,17,19H,4-11H2,1-3H3,(H,18,20). The van der Waals surface area contributed by atoms with E-state index in [0.29, 0.717) is 18.6 Å². The number of carbonyl (C=O) groups excluding carboxylic acids is 1. The van der Waals surface area contributed by atoms with Crippen LogP contribution in [0.5, 0.6) is 0 Å². The van der Waals surface area contributed by atoms with Crippen LogP contribution in [-0.2, 0) is 4.74 Å². The van der Waals surface area contributed by atoms with E-state index in [1.54, 1.807) is 0 Å². The summed E-state index contributed by atoms with van der Waals surface area (Å²) in [6.45, 7) is 8.56. The molecule has 2 rings (SSSR count). The van der Waals surface area contributed by atoms with Crippen molar-refractivity contribution in [1.29, 1.82) is 0 Å². The Balaban J connectivity index is 1.75. The Morgan fingerprint density at radius 1 is 1.24 bits per heavy atom. The summed E-state index contributed by atoms with van der Waals surface area (Å²) < 4.78 is 5.31. The van der Waals surface area contributed by atoms with E-state index in [9.17, 15) is 4.79 Å². The van der Waals surface area contributed by atoms with E-state index in [4.69, 9.17) is 4.74 Å². The zero-order chi connectivity index (χ0) is 15.3. The van der Waals surface area contributed by atoms with Gasteiger partial charge in [-0.25, -0.2) is 4.79 Å². The molecule has 122 valence electrons. The first-order valence-electron chi connectivity index (χ1n) is 8.37. The van der Waals surface area contributed by atoms with E-state index >= 15 is 0 Å². The first-order valence-corrected chi connectivity index (χ1v) is 8.37. The number of amides is 1. The molecule has 1 aliphatic heterocycles. The van der Waals surface area contributed by atoms with Crippen molar-refractivity contribution < 1.29 is 9.53 Å². The second-order valence-electron chi connectivity index (χ2n) is 7.37. The normalized spacial score (nSPS) is 25.0. The fourth-order valence-corrected chi connectivity index (χ4v) is 2.86. The summed E-state index contributed by atoms with van der Waals surface area (Å²) in [5.74, 6) is 0.719. The Bertz CT molecular complexity index is 329. The maximum atomic E-state index is 11.8. The van der Waals surface area contributed by atoms with Crippen LogP contribution in [0.1, 0.15) is 52.9 Å². The monoisotopic (exact) mass is 297 g/mol. The highest BCUT2D eigenvalue weighted by Crippen LogP contribution is 2.33. The van der Waals surface area contributed by atoms with Crippen LogP contribution in [0, 0.1) is 5.92 Å². The number of nitrogens with one attached hydrogen (secondary N) is 3. The third-order valence-corrected chi connectivity index (χ3v) is 4.08. The van der Waals surface area contributed by atoms with Gasteiger partial charge >= 0.3 is 6.09 Å². The van der Waals surface area contributed by atoms with Crippen molar-refractivity contribution in [3.63, 3.8) is 0 Å². The van der Waals surface area contributed by atoms with Crippen molar-refractivity contribution >= 4 is 6.09 Å². The Labute approximate surface area is 128 Å². The minimum atomic E-state index is -0.431. The number of ether oxygens (including phenoxy) is 1. The average Bonchev–Trinajstić information content (AvgIpc) is 3.19. The maximum absolute atomic E-state index is 11.8. The summed E-state index contributed by atoms with van der Waals surface area (Å²) in [5, 5.41) is 10.1. The summed E-state index contributed by atoms with van der Waals surface area (Å²) in [4.78, 5) is 11.8. The van der Waals surface area contributed by atoms with E-state index in [1.807, 2.05) is 20.8 Å². The molecule has 3 N–H and O–H groups in total. The molecule has 0 spiro atoms. The minimum absolute atomic E-state index is 0.308. The molecule has 0 aromatic carbocycles. The molecule has 2 aliphatic rings. The average molecular weight is 297 g/mol. The lowest BCUT2D eigenvalue weighted by Crippen LogP contribution is -2.47. The number of hydrogen-bond donors (Lipinski definition) is 3. The zero-order valence-corrected chi connectivity index (χ0v) is 13.7. The van der Waals surface area contributed by atoms with E-state index < -0.39 is 5.60 Å². The molecular formula is C16H31N3O2. The van der Waals surface area contributed by atoms with Gasteiger partial charge in [0.05, 0.1) is 0 Å². The van der Waals surface area contributed by atoms with Gasteiger partial charge in [-0.3, -0.25) is 0 Å². The van der Waals surface area contributed by atoms with Crippen molar-refractivity contribution in [3.8, 4) is 0 Å². The van der Waals surface area contributed by atoms with Gasteiger partial charge in [-0.1, -0.05) is 0 Å². The topological polar surface area (TPSA) is 62.4 Å². The highest BCUT2D eigenvalue weighted by atomic mass is 16.6. The molecule has 2 unspecified atom stereocenters. The molecule has 21 heavy (non-hydrogen) atoms. The van der Waals surface area contributed by atoms with Crippen molar-refractivity contribution in [1.82, 2.24) is 16.0 Å². The van der Waals surface area contributed by atoms with E-state index in [1.165, 1.54) is 32.1 Å². The van der Waals surface area contributed by atoms with Crippen molar-refractivity contribution in [2.45, 2.75) is 70.6 Å². The second kappa shape index (κ2) is 7.45. The lowest BCUT2D eigenvalue weighted by Gasteiger charge is -2.26. The molecule has 5 heteroatoms. The summed E-state index contributed by atoms with van der Waals surface area (Å²) in [7, 11) is 0. The summed E-state index contributed by atoms with van der Waals surface area (Å²) >= 11 is 0. The van der Waals surface area contributed by atoms with E-state index in [0.717, 1.165) is 19.0 Å². The molecule has 0 radical (unpaired) electrons. The predicted molar refractivity (Wildman–Crippen MR) is 84.4 cm³/mol. The molecule has 1 saturated heterocycles. The fourth-order valence-electron chi connectivity index (χ4n) is 2.86. The van der Waals surface area contributed by atoms with E-state index in [2.05, 4.69) is 16.0 Å². The molecule has 0 bridgehead atoms. The Hall–Kier alpha value is -0.810.